The number of nitrogens with zero attached hydrogens (tertiary/aromatic N) is 2. The van der Waals surface area contributed by atoms with Crippen LogP contribution in [0.5, 0.6) is 6.01 Å². The molecule has 0 aromatic carbocycles. The van der Waals surface area contributed by atoms with Gasteiger partial charge in [-0.3, -0.25) is 0 Å². The van der Waals surface area contributed by atoms with Gasteiger partial charge < -0.3 is 10.1 Å². The zero-order chi connectivity index (χ0) is 13.0. The first-order chi connectivity index (χ1) is 8.63. The molecule has 1 aliphatic carbocycles. The lowest BCUT2D eigenvalue weighted by atomic mass is 10.3. The largest absolute Gasteiger partial charge is 0.463 e. The average Bonchev–Trinajstić information content (AvgIpc) is 3.10. The van der Waals surface area contributed by atoms with Crippen LogP contribution in [-0.4, -0.2) is 22.6 Å². The molecule has 18 heavy (non-hydrogen) atoms. The Kier molecular flexibility index (Phi) is 4.53. The van der Waals surface area contributed by atoms with Crippen molar-refractivity contribution < 1.29 is 4.74 Å². The van der Waals surface area contributed by atoms with Crippen LogP contribution in [0.4, 0.5) is 0 Å². The molecule has 1 N–H and O–H groups in total. The first-order valence-corrected chi connectivity index (χ1v) is 6.84. The van der Waals surface area contributed by atoms with Crippen molar-refractivity contribution in [3.05, 3.63) is 17.5 Å². The molecule has 0 radical (unpaired) electrons. The fourth-order valence-electron chi connectivity index (χ4n) is 1.79. The van der Waals surface area contributed by atoms with Gasteiger partial charge >= 0.3 is 6.01 Å². The first-order valence-electron chi connectivity index (χ1n) is 6.84. The molecule has 1 fully saturated rings. The van der Waals surface area contributed by atoms with Gasteiger partial charge in [0, 0.05) is 18.3 Å². The van der Waals surface area contributed by atoms with Crippen LogP contribution >= 0.6 is 0 Å². The highest BCUT2D eigenvalue weighted by atomic mass is 16.5. The third-order valence-corrected chi connectivity index (χ3v) is 3.03. The average molecular weight is 249 g/mol. The molecular weight excluding hydrogens is 226 g/mol. The third kappa shape index (κ3) is 4.61. The molecule has 1 aromatic rings. The minimum atomic E-state index is 0.458. The van der Waals surface area contributed by atoms with Crippen LogP contribution in [0, 0.1) is 12.8 Å². The summed E-state index contributed by atoms with van der Waals surface area (Å²) >= 11 is 0. The van der Waals surface area contributed by atoms with Gasteiger partial charge in [0.25, 0.3) is 0 Å². The van der Waals surface area contributed by atoms with Gasteiger partial charge in [-0.2, -0.15) is 4.98 Å². The quantitative estimate of drug-likeness (QED) is 0.806. The summed E-state index contributed by atoms with van der Waals surface area (Å²) in [6.45, 7) is 7.74. The molecular formula is C14H23N3O. The van der Waals surface area contributed by atoms with E-state index < -0.39 is 0 Å². The number of nitrogens with one attached hydrogen (secondary N) is 1. The second-order valence-electron chi connectivity index (χ2n) is 5.40. The molecule has 2 rings (SSSR count). The second kappa shape index (κ2) is 6.14. The van der Waals surface area contributed by atoms with Crippen molar-refractivity contribution in [3.63, 3.8) is 0 Å². The zero-order valence-corrected chi connectivity index (χ0v) is 11.6. The van der Waals surface area contributed by atoms with E-state index in [1.807, 2.05) is 13.0 Å². The lowest BCUT2D eigenvalue weighted by Gasteiger charge is -2.10. The van der Waals surface area contributed by atoms with Crippen molar-refractivity contribution in [3.8, 4) is 6.01 Å². The summed E-state index contributed by atoms with van der Waals surface area (Å²) < 4.78 is 5.64. The van der Waals surface area contributed by atoms with Crippen LogP contribution in [0.1, 0.15) is 44.5 Å². The number of aryl methyl sites for hydroxylation is 1. The molecule has 0 saturated heterocycles. The van der Waals surface area contributed by atoms with Gasteiger partial charge in [0.1, 0.15) is 0 Å². The Balaban J connectivity index is 1.87. The van der Waals surface area contributed by atoms with Crippen LogP contribution in [0.15, 0.2) is 6.07 Å². The fraction of sp³-hybridized carbons (Fsp3) is 0.714. The SMILES string of the molecule is Cc1cc(CNC(C)C)nc(OCCC2CC2)n1. The number of ether oxygens (including phenoxy) is 1. The maximum atomic E-state index is 5.64. The van der Waals surface area contributed by atoms with Crippen molar-refractivity contribution in [2.24, 2.45) is 5.92 Å². The maximum Gasteiger partial charge on any atom is 0.316 e. The van der Waals surface area contributed by atoms with Gasteiger partial charge in [-0.25, -0.2) is 4.98 Å². The normalized spacial score (nSPS) is 15.1. The lowest BCUT2D eigenvalue weighted by Crippen LogP contribution is -2.22. The van der Waals surface area contributed by atoms with Crippen LogP contribution in [0.3, 0.4) is 0 Å². The van der Waals surface area contributed by atoms with Crippen molar-refractivity contribution in [1.82, 2.24) is 15.3 Å². The zero-order valence-electron chi connectivity index (χ0n) is 11.6. The first kappa shape index (κ1) is 13.3. The topological polar surface area (TPSA) is 47.0 Å². The molecule has 1 aliphatic rings. The van der Waals surface area contributed by atoms with Crippen LogP contribution < -0.4 is 10.1 Å². The monoisotopic (exact) mass is 249 g/mol. The highest BCUT2D eigenvalue weighted by molar-refractivity contribution is 5.12. The Labute approximate surface area is 109 Å². The summed E-state index contributed by atoms with van der Waals surface area (Å²) in [6.07, 6.45) is 3.86. The molecule has 0 aliphatic heterocycles. The smallest absolute Gasteiger partial charge is 0.316 e. The Morgan fingerprint density at radius 3 is 2.83 bits per heavy atom. The van der Waals surface area contributed by atoms with E-state index in [4.69, 9.17) is 4.74 Å². The Bertz CT molecular complexity index is 389. The summed E-state index contributed by atoms with van der Waals surface area (Å²) in [5.41, 5.74) is 1.96. The van der Waals surface area contributed by atoms with E-state index in [1.165, 1.54) is 12.8 Å². The Morgan fingerprint density at radius 2 is 2.17 bits per heavy atom. The van der Waals surface area contributed by atoms with Gasteiger partial charge in [0.2, 0.25) is 0 Å². The van der Waals surface area contributed by atoms with E-state index in [9.17, 15) is 0 Å². The van der Waals surface area contributed by atoms with Crippen molar-refractivity contribution >= 4 is 0 Å². The Hall–Kier alpha value is -1.16. The fourth-order valence-corrected chi connectivity index (χ4v) is 1.79. The highest BCUT2D eigenvalue weighted by Gasteiger charge is 2.20. The summed E-state index contributed by atoms with van der Waals surface area (Å²) in [6, 6.07) is 2.99. The molecule has 0 bridgehead atoms. The second-order valence-corrected chi connectivity index (χ2v) is 5.40. The molecule has 1 aromatic heterocycles. The standard InChI is InChI=1S/C14H23N3O/c1-10(2)15-9-13-8-11(3)16-14(17-13)18-7-6-12-4-5-12/h8,10,12,15H,4-7,9H2,1-3H3. The predicted octanol–water partition coefficient (Wildman–Crippen LogP) is 2.46. The predicted molar refractivity (Wildman–Crippen MR) is 71.6 cm³/mol. The van der Waals surface area contributed by atoms with E-state index in [0.29, 0.717) is 12.1 Å². The van der Waals surface area contributed by atoms with E-state index in [0.717, 1.165) is 36.9 Å². The molecule has 0 amide bonds. The van der Waals surface area contributed by atoms with E-state index in [1.54, 1.807) is 0 Å². The highest BCUT2D eigenvalue weighted by Crippen LogP contribution is 2.32. The number of hydrogen-bond acceptors (Lipinski definition) is 4. The molecule has 4 heteroatoms. The van der Waals surface area contributed by atoms with Gasteiger partial charge in [-0.15, -0.1) is 0 Å². The third-order valence-electron chi connectivity index (χ3n) is 3.03. The minimum absolute atomic E-state index is 0.458. The van der Waals surface area contributed by atoms with Gasteiger partial charge in [-0.1, -0.05) is 26.7 Å². The van der Waals surface area contributed by atoms with Crippen LogP contribution in [0.2, 0.25) is 0 Å². The van der Waals surface area contributed by atoms with Crippen molar-refractivity contribution in [1.29, 1.82) is 0 Å². The summed E-state index contributed by atoms with van der Waals surface area (Å²) in [4.78, 5) is 8.74. The summed E-state index contributed by atoms with van der Waals surface area (Å²) in [5.74, 6) is 0.886. The molecule has 0 unspecified atom stereocenters. The van der Waals surface area contributed by atoms with Crippen molar-refractivity contribution in [2.45, 2.75) is 52.6 Å². The van der Waals surface area contributed by atoms with Gasteiger partial charge in [0.05, 0.1) is 12.3 Å². The molecule has 0 spiro atoms. The summed E-state index contributed by atoms with van der Waals surface area (Å²) in [7, 11) is 0. The number of hydrogen-bond donors (Lipinski definition) is 1. The minimum Gasteiger partial charge on any atom is -0.463 e. The van der Waals surface area contributed by atoms with Crippen molar-refractivity contribution in [2.75, 3.05) is 6.61 Å². The van der Waals surface area contributed by atoms with Gasteiger partial charge in [-0.05, 0) is 25.3 Å². The van der Waals surface area contributed by atoms with Crippen LogP contribution in [-0.2, 0) is 6.54 Å². The number of aromatic nitrogens is 2. The summed E-state index contributed by atoms with van der Waals surface area (Å²) in [5, 5.41) is 3.35. The molecule has 0 atom stereocenters. The lowest BCUT2D eigenvalue weighted by molar-refractivity contribution is 0.277. The van der Waals surface area contributed by atoms with E-state index >= 15 is 0 Å². The van der Waals surface area contributed by atoms with E-state index in [-0.39, 0.29) is 0 Å². The Morgan fingerprint density at radius 1 is 1.39 bits per heavy atom. The number of rotatable bonds is 7. The van der Waals surface area contributed by atoms with E-state index in [2.05, 4.69) is 29.1 Å². The molecule has 100 valence electrons. The maximum absolute atomic E-state index is 5.64. The van der Waals surface area contributed by atoms with Crippen LogP contribution in [0.25, 0.3) is 0 Å². The molecule has 1 saturated carbocycles. The van der Waals surface area contributed by atoms with Gasteiger partial charge in [0.15, 0.2) is 0 Å². The molecule has 1 heterocycles. The molecule has 4 nitrogen and oxygen atoms in total.